The molecule has 1 amide bonds. The highest BCUT2D eigenvalue weighted by Crippen LogP contribution is 2.34. The third-order valence-corrected chi connectivity index (χ3v) is 5.48. The predicted octanol–water partition coefficient (Wildman–Crippen LogP) is 4.81. The number of aromatic nitrogens is 2. The van der Waals surface area contributed by atoms with E-state index in [1.54, 1.807) is 7.11 Å². The molecule has 0 unspecified atom stereocenters. The third kappa shape index (κ3) is 3.41. The number of anilines is 1. The zero-order valence-corrected chi connectivity index (χ0v) is 16.5. The Morgan fingerprint density at radius 3 is 2.86 bits per heavy atom. The number of nitrogens with one attached hydrogen (secondary N) is 1. The zero-order valence-electron chi connectivity index (χ0n) is 15.7. The smallest absolute Gasteiger partial charge is 0.237 e. The monoisotopic (exact) mass is 393 g/mol. The largest absolute Gasteiger partial charge is 0.495 e. The number of methoxy groups -OCH3 is 1. The summed E-state index contributed by atoms with van der Waals surface area (Å²) in [6.45, 7) is 3.80. The van der Waals surface area contributed by atoms with Crippen molar-refractivity contribution in [2.75, 3.05) is 12.4 Å². The molecule has 0 saturated carbocycles. The molecule has 4 aromatic rings. The first kappa shape index (κ1) is 18.3. The number of nitrogens with zero attached hydrogens (tertiary/aromatic N) is 2. The topological polar surface area (TPSA) is 77.2 Å². The van der Waals surface area contributed by atoms with Gasteiger partial charge in [-0.2, -0.15) is 0 Å². The van der Waals surface area contributed by atoms with Crippen molar-refractivity contribution in [3.63, 3.8) is 0 Å². The van der Waals surface area contributed by atoms with E-state index in [4.69, 9.17) is 9.15 Å². The fourth-order valence-corrected chi connectivity index (χ4v) is 3.82. The van der Waals surface area contributed by atoms with Crippen LogP contribution in [-0.4, -0.2) is 28.2 Å². The number of fused-ring (bicyclic) bond motifs is 3. The summed E-state index contributed by atoms with van der Waals surface area (Å²) in [5.41, 5.74) is 3.79. The molecule has 1 atom stereocenters. The normalized spacial score (nSPS) is 12.2. The van der Waals surface area contributed by atoms with E-state index in [2.05, 4.69) is 15.3 Å². The number of benzene rings is 2. The van der Waals surface area contributed by atoms with E-state index in [-0.39, 0.29) is 5.91 Å². The predicted molar refractivity (Wildman–Crippen MR) is 111 cm³/mol. The Hall–Kier alpha value is -3.06. The maximum Gasteiger partial charge on any atom is 0.237 e. The summed E-state index contributed by atoms with van der Waals surface area (Å²) in [5.74, 6) is 0.481. The molecule has 1 N–H and O–H groups in total. The molecule has 0 aliphatic heterocycles. The van der Waals surface area contributed by atoms with Crippen molar-refractivity contribution in [1.82, 2.24) is 9.97 Å². The van der Waals surface area contributed by atoms with Gasteiger partial charge in [-0.3, -0.25) is 4.79 Å². The van der Waals surface area contributed by atoms with Gasteiger partial charge in [0.2, 0.25) is 5.91 Å². The molecule has 2 aromatic heterocycles. The highest BCUT2D eigenvalue weighted by atomic mass is 32.2. The lowest BCUT2D eigenvalue weighted by Gasteiger charge is -2.14. The molecule has 28 heavy (non-hydrogen) atoms. The van der Waals surface area contributed by atoms with E-state index in [0.717, 1.165) is 22.0 Å². The number of amides is 1. The Morgan fingerprint density at radius 1 is 1.21 bits per heavy atom. The summed E-state index contributed by atoms with van der Waals surface area (Å²) in [6, 6.07) is 13.4. The molecule has 0 radical (unpaired) electrons. The molecule has 0 aliphatic carbocycles. The van der Waals surface area contributed by atoms with Crippen LogP contribution in [-0.2, 0) is 4.79 Å². The van der Waals surface area contributed by atoms with Crippen molar-refractivity contribution >= 4 is 45.4 Å². The average molecular weight is 393 g/mol. The lowest BCUT2D eigenvalue weighted by atomic mass is 10.2. The molecule has 6 nitrogen and oxygen atoms in total. The van der Waals surface area contributed by atoms with E-state index in [1.807, 2.05) is 56.3 Å². The minimum absolute atomic E-state index is 0.142. The second kappa shape index (κ2) is 7.52. The van der Waals surface area contributed by atoms with Crippen LogP contribution >= 0.6 is 11.8 Å². The lowest BCUT2D eigenvalue weighted by Crippen LogP contribution is -2.22. The van der Waals surface area contributed by atoms with Gasteiger partial charge in [0.25, 0.3) is 0 Å². The van der Waals surface area contributed by atoms with Crippen LogP contribution in [0.5, 0.6) is 5.75 Å². The molecule has 7 heteroatoms. The SMILES string of the molecule is COc1ccc(C)cc1NC(=O)[C@H](C)Sc1ncnc2c1oc1ccccc12. The highest BCUT2D eigenvalue weighted by Gasteiger charge is 2.21. The molecule has 4 rings (SSSR count). The van der Waals surface area contributed by atoms with Crippen LogP contribution in [0.25, 0.3) is 22.1 Å². The number of ether oxygens (including phenoxy) is 1. The van der Waals surface area contributed by atoms with Gasteiger partial charge in [0.1, 0.15) is 28.2 Å². The first-order valence-electron chi connectivity index (χ1n) is 8.81. The molecular weight excluding hydrogens is 374 g/mol. The summed E-state index contributed by atoms with van der Waals surface area (Å²) in [4.78, 5) is 21.4. The van der Waals surface area contributed by atoms with Crippen molar-refractivity contribution in [2.45, 2.75) is 24.1 Å². The molecule has 0 saturated heterocycles. The maximum atomic E-state index is 12.7. The number of rotatable bonds is 5. The van der Waals surface area contributed by atoms with Crippen LogP contribution in [0.3, 0.4) is 0 Å². The highest BCUT2D eigenvalue weighted by molar-refractivity contribution is 8.00. The Morgan fingerprint density at radius 2 is 2.04 bits per heavy atom. The van der Waals surface area contributed by atoms with Gasteiger partial charge in [0, 0.05) is 5.39 Å². The van der Waals surface area contributed by atoms with Gasteiger partial charge in [-0.05, 0) is 43.7 Å². The first-order chi connectivity index (χ1) is 13.6. The summed E-state index contributed by atoms with van der Waals surface area (Å²) in [7, 11) is 1.58. The van der Waals surface area contributed by atoms with Crippen LogP contribution in [0.4, 0.5) is 5.69 Å². The number of hydrogen-bond donors (Lipinski definition) is 1. The number of para-hydroxylation sites is 1. The third-order valence-electron chi connectivity index (χ3n) is 4.40. The Bertz CT molecular complexity index is 1170. The van der Waals surface area contributed by atoms with Gasteiger partial charge in [-0.15, -0.1) is 0 Å². The molecular formula is C21H19N3O3S. The van der Waals surface area contributed by atoms with Gasteiger partial charge in [0.05, 0.1) is 18.0 Å². The van der Waals surface area contributed by atoms with Gasteiger partial charge >= 0.3 is 0 Å². The van der Waals surface area contributed by atoms with Crippen LogP contribution in [0, 0.1) is 6.92 Å². The van der Waals surface area contributed by atoms with Crippen LogP contribution in [0.2, 0.25) is 0 Å². The molecule has 2 heterocycles. The van der Waals surface area contributed by atoms with E-state index in [9.17, 15) is 4.79 Å². The summed E-state index contributed by atoms with van der Waals surface area (Å²) in [5, 5.41) is 4.12. The summed E-state index contributed by atoms with van der Waals surface area (Å²) < 4.78 is 11.3. The summed E-state index contributed by atoms with van der Waals surface area (Å²) in [6.07, 6.45) is 1.50. The molecule has 0 bridgehead atoms. The van der Waals surface area contributed by atoms with E-state index in [0.29, 0.717) is 22.0 Å². The minimum atomic E-state index is -0.392. The Balaban J connectivity index is 1.59. The number of hydrogen-bond acceptors (Lipinski definition) is 6. The van der Waals surface area contributed by atoms with Gasteiger partial charge in [0.15, 0.2) is 5.58 Å². The second-order valence-electron chi connectivity index (χ2n) is 6.41. The standard InChI is InChI=1S/C21H19N3O3S/c1-12-8-9-17(26-3)15(10-12)24-20(25)13(2)28-21-19-18(22-11-23-21)14-6-4-5-7-16(14)27-19/h4-11,13H,1-3H3,(H,24,25)/t13-/m0/s1. The second-order valence-corrected chi connectivity index (χ2v) is 7.74. The van der Waals surface area contributed by atoms with Crippen molar-refractivity contribution in [3.8, 4) is 5.75 Å². The fraction of sp³-hybridized carbons (Fsp3) is 0.190. The fourth-order valence-electron chi connectivity index (χ4n) is 2.96. The van der Waals surface area contributed by atoms with Gasteiger partial charge in [-0.25, -0.2) is 9.97 Å². The lowest BCUT2D eigenvalue weighted by molar-refractivity contribution is -0.115. The van der Waals surface area contributed by atoms with E-state index in [1.165, 1.54) is 18.1 Å². The number of carbonyl (C=O) groups excluding carboxylic acids is 1. The molecule has 142 valence electrons. The van der Waals surface area contributed by atoms with Crippen LogP contribution < -0.4 is 10.1 Å². The van der Waals surface area contributed by atoms with Crippen molar-refractivity contribution < 1.29 is 13.9 Å². The molecule has 0 fully saturated rings. The van der Waals surface area contributed by atoms with Crippen molar-refractivity contribution in [3.05, 3.63) is 54.4 Å². The van der Waals surface area contributed by atoms with E-state index < -0.39 is 5.25 Å². The maximum absolute atomic E-state index is 12.7. The first-order valence-corrected chi connectivity index (χ1v) is 9.69. The number of thioether (sulfide) groups is 1. The summed E-state index contributed by atoms with van der Waals surface area (Å²) >= 11 is 1.34. The van der Waals surface area contributed by atoms with Crippen molar-refractivity contribution in [2.24, 2.45) is 0 Å². The van der Waals surface area contributed by atoms with Crippen LogP contribution in [0.15, 0.2) is 58.2 Å². The molecule has 0 spiro atoms. The Kier molecular flexibility index (Phi) is 4.92. The number of furan rings is 1. The molecule has 2 aromatic carbocycles. The average Bonchev–Trinajstić information content (AvgIpc) is 3.08. The Labute approximate surface area is 166 Å². The minimum Gasteiger partial charge on any atom is -0.495 e. The van der Waals surface area contributed by atoms with Crippen LogP contribution in [0.1, 0.15) is 12.5 Å². The van der Waals surface area contributed by atoms with Crippen molar-refractivity contribution in [1.29, 1.82) is 0 Å². The van der Waals surface area contributed by atoms with E-state index >= 15 is 0 Å². The quantitative estimate of drug-likeness (QED) is 0.387. The van der Waals surface area contributed by atoms with Gasteiger partial charge in [-0.1, -0.05) is 30.0 Å². The molecule has 0 aliphatic rings. The number of aryl methyl sites for hydroxylation is 1. The zero-order chi connectivity index (χ0) is 19.7. The van der Waals surface area contributed by atoms with Gasteiger partial charge < -0.3 is 14.5 Å². The number of carbonyl (C=O) groups is 1.